The van der Waals surface area contributed by atoms with Crippen LogP contribution in [0.4, 0.5) is 4.79 Å². The Kier molecular flexibility index (Phi) is 8.50. The molecule has 2 aliphatic heterocycles. The van der Waals surface area contributed by atoms with E-state index in [2.05, 4.69) is 26.1 Å². The Morgan fingerprint density at radius 3 is 2.74 bits per heavy atom. The second-order valence-corrected chi connectivity index (χ2v) is 11.5. The van der Waals surface area contributed by atoms with Gasteiger partial charge in [-0.2, -0.15) is 0 Å². The number of carbonyl (C=O) groups excluding carboxylic acids is 1. The van der Waals surface area contributed by atoms with Gasteiger partial charge in [-0.05, 0) is 62.3 Å². The van der Waals surface area contributed by atoms with E-state index in [1.54, 1.807) is 7.11 Å². The Morgan fingerprint density at radius 1 is 1.26 bits per heavy atom. The first kappa shape index (κ1) is 25.4. The van der Waals surface area contributed by atoms with Crippen LogP contribution in [0.25, 0.3) is 0 Å². The van der Waals surface area contributed by atoms with Crippen molar-refractivity contribution < 1.29 is 28.0 Å². The molecule has 34 heavy (non-hydrogen) atoms. The number of rotatable bonds is 10. The predicted octanol–water partition coefficient (Wildman–Crippen LogP) is 3.58. The SMILES string of the molecule is COc1ccc(S(=O)N(CCCNC(=O)OC2CC3COC4O[C@H](C)CC2C34)CC(C)C)cc1. The molecule has 7 atom stereocenters. The van der Waals surface area contributed by atoms with E-state index >= 15 is 0 Å². The van der Waals surface area contributed by atoms with Gasteiger partial charge in [-0.1, -0.05) is 13.8 Å². The molecule has 0 radical (unpaired) electrons. The molecule has 6 unspecified atom stereocenters. The van der Waals surface area contributed by atoms with Crippen LogP contribution >= 0.6 is 0 Å². The summed E-state index contributed by atoms with van der Waals surface area (Å²) in [5.41, 5.74) is 0. The normalized spacial score (nSPS) is 30.9. The number of amides is 1. The average Bonchev–Trinajstić information content (AvgIpc) is 3.37. The predicted molar refractivity (Wildman–Crippen MR) is 129 cm³/mol. The van der Waals surface area contributed by atoms with E-state index in [4.69, 9.17) is 18.9 Å². The van der Waals surface area contributed by atoms with Gasteiger partial charge in [-0.3, -0.25) is 0 Å². The highest BCUT2D eigenvalue weighted by atomic mass is 32.2. The Morgan fingerprint density at radius 2 is 2.03 bits per heavy atom. The van der Waals surface area contributed by atoms with Crippen LogP contribution in [0, 0.1) is 23.7 Å². The number of alkyl carbamates (subject to hydrolysis) is 1. The lowest BCUT2D eigenvalue weighted by atomic mass is 9.84. The standard InChI is InChI=1S/C25H38N2O6S/c1-16(2)14-27(34(29)20-8-6-19(30-4)7-9-20)11-5-10-26-25(28)33-22-13-18-15-31-24-23(18)21(22)12-17(3)32-24/h6-9,16-18,21-24H,5,10-15H2,1-4H3,(H,26,28)/t17-,18?,21?,22?,23?,24?,34?/m1/s1. The molecule has 2 heterocycles. The number of nitrogens with one attached hydrogen (secondary N) is 1. The first-order chi connectivity index (χ1) is 16.4. The molecule has 8 nitrogen and oxygen atoms in total. The summed E-state index contributed by atoms with van der Waals surface area (Å²) < 4.78 is 37.8. The van der Waals surface area contributed by atoms with Crippen molar-refractivity contribution in [3.8, 4) is 5.75 Å². The van der Waals surface area contributed by atoms with Crippen LogP contribution in [0.3, 0.4) is 0 Å². The summed E-state index contributed by atoms with van der Waals surface area (Å²) in [5.74, 6) is 2.17. The Bertz CT molecular complexity index is 850. The molecule has 1 saturated carbocycles. The van der Waals surface area contributed by atoms with E-state index in [1.807, 2.05) is 28.6 Å². The molecule has 1 N–H and O–H groups in total. The summed E-state index contributed by atoms with van der Waals surface area (Å²) in [7, 11) is 0.345. The van der Waals surface area contributed by atoms with Crippen LogP contribution < -0.4 is 10.1 Å². The van der Waals surface area contributed by atoms with Crippen molar-refractivity contribution in [1.82, 2.24) is 9.62 Å². The molecule has 1 aromatic rings. The third-order valence-corrected chi connectivity index (χ3v) is 8.46. The van der Waals surface area contributed by atoms with E-state index < -0.39 is 11.0 Å². The van der Waals surface area contributed by atoms with Crippen molar-refractivity contribution in [3.63, 3.8) is 0 Å². The minimum atomic E-state index is -1.27. The third kappa shape index (κ3) is 5.93. The molecular formula is C25H38N2O6S. The Balaban J connectivity index is 1.24. The fraction of sp³-hybridized carbons (Fsp3) is 0.720. The van der Waals surface area contributed by atoms with E-state index in [0.29, 0.717) is 56.3 Å². The number of hydrogen-bond acceptors (Lipinski definition) is 6. The fourth-order valence-corrected chi connectivity index (χ4v) is 6.91. The van der Waals surface area contributed by atoms with Crippen LogP contribution in [0.5, 0.6) is 5.75 Å². The number of carbonyl (C=O) groups is 1. The summed E-state index contributed by atoms with van der Waals surface area (Å²) in [6, 6.07) is 7.31. The summed E-state index contributed by atoms with van der Waals surface area (Å²) in [6.07, 6.45) is 1.97. The van der Waals surface area contributed by atoms with Gasteiger partial charge in [0.25, 0.3) is 0 Å². The largest absolute Gasteiger partial charge is 0.497 e. The van der Waals surface area contributed by atoms with Crippen molar-refractivity contribution >= 4 is 17.1 Å². The minimum absolute atomic E-state index is 0.0761. The zero-order valence-electron chi connectivity index (χ0n) is 20.6. The summed E-state index contributed by atoms with van der Waals surface area (Å²) >= 11 is 0. The molecule has 3 fully saturated rings. The first-order valence-corrected chi connectivity index (χ1v) is 13.5. The summed E-state index contributed by atoms with van der Waals surface area (Å²) in [4.78, 5) is 13.3. The van der Waals surface area contributed by atoms with Gasteiger partial charge in [-0.15, -0.1) is 0 Å². The van der Waals surface area contributed by atoms with Crippen LogP contribution in [-0.4, -0.2) is 66.5 Å². The van der Waals surface area contributed by atoms with E-state index in [0.717, 1.165) is 23.5 Å². The minimum Gasteiger partial charge on any atom is -0.497 e. The van der Waals surface area contributed by atoms with Gasteiger partial charge in [0, 0.05) is 31.5 Å². The molecule has 1 amide bonds. The van der Waals surface area contributed by atoms with Gasteiger partial charge in [0.1, 0.15) is 22.8 Å². The maximum Gasteiger partial charge on any atom is 0.407 e. The second-order valence-electron chi connectivity index (χ2n) is 10.1. The highest BCUT2D eigenvalue weighted by Gasteiger charge is 2.56. The van der Waals surface area contributed by atoms with Crippen LogP contribution in [0.2, 0.25) is 0 Å². The lowest BCUT2D eigenvalue weighted by Gasteiger charge is -2.36. The molecule has 4 rings (SSSR count). The quantitative estimate of drug-likeness (QED) is 0.501. The molecule has 0 bridgehead atoms. The van der Waals surface area contributed by atoms with Gasteiger partial charge in [0.2, 0.25) is 0 Å². The topological polar surface area (TPSA) is 86.3 Å². The second kappa shape index (κ2) is 11.4. The van der Waals surface area contributed by atoms with E-state index in [9.17, 15) is 9.00 Å². The molecule has 1 aliphatic carbocycles. The number of benzene rings is 1. The maximum absolute atomic E-state index is 13.1. The molecule has 0 aromatic heterocycles. The average molecular weight is 495 g/mol. The number of ether oxygens (including phenoxy) is 4. The van der Waals surface area contributed by atoms with Crippen LogP contribution in [-0.2, 0) is 25.2 Å². The molecule has 0 spiro atoms. The summed E-state index contributed by atoms with van der Waals surface area (Å²) in [6.45, 7) is 8.76. The van der Waals surface area contributed by atoms with Gasteiger partial charge in [0.15, 0.2) is 6.29 Å². The van der Waals surface area contributed by atoms with Crippen LogP contribution in [0.15, 0.2) is 29.2 Å². The van der Waals surface area contributed by atoms with Crippen molar-refractivity contribution in [1.29, 1.82) is 0 Å². The third-order valence-electron chi connectivity index (χ3n) is 6.99. The number of methoxy groups -OCH3 is 1. The zero-order chi connectivity index (χ0) is 24.2. The first-order valence-electron chi connectivity index (χ1n) is 12.4. The number of nitrogens with zero attached hydrogens (tertiary/aromatic N) is 1. The molecular weight excluding hydrogens is 456 g/mol. The van der Waals surface area contributed by atoms with Gasteiger partial charge in [-0.25, -0.2) is 13.3 Å². The van der Waals surface area contributed by atoms with Crippen molar-refractivity contribution in [2.75, 3.05) is 33.4 Å². The van der Waals surface area contributed by atoms with Crippen molar-refractivity contribution in [2.24, 2.45) is 23.7 Å². The van der Waals surface area contributed by atoms with Gasteiger partial charge < -0.3 is 24.3 Å². The molecule has 1 aromatic carbocycles. The molecule has 190 valence electrons. The van der Waals surface area contributed by atoms with E-state index in [1.165, 1.54) is 0 Å². The zero-order valence-corrected chi connectivity index (χ0v) is 21.4. The highest BCUT2D eigenvalue weighted by Crippen LogP contribution is 2.51. The smallest absolute Gasteiger partial charge is 0.407 e. The molecule has 2 saturated heterocycles. The van der Waals surface area contributed by atoms with Crippen molar-refractivity contribution in [3.05, 3.63) is 24.3 Å². The summed E-state index contributed by atoms with van der Waals surface area (Å²) in [5, 5.41) is 2.90. The Hall–Kier alpha value is -1.68. The van der Waals surface area contributed by atoms with Gasteiger partial charge >= 0.3 is 6.09 Å². The molecule has 3 aliphatic rings. The highest BCUT2D eigenvalue weighted by molar-refractivity contribution is 7.82. The van der Waals surface area contributed by atoms with Crippen molar-refractivity contribution in [2.45, 2.75) is 63.4 Å². The molecule has 9 heteroatoms. The monoisotopic (exact) mass is 494 g/mol. The lowest BCUT2D eigenvalue weighted by Crippen LogP contribution is -2.42. The fourth-order valence-electron chi connectivity index (χ4n) is 5.52. The Labute approximate surface area is 205 Å². The van der Waals surface area contributed by atoms with Crippen LogP contribution in [0.1, 0.15) is 40.0 Å². The maximum atomic E-state index is 13.1. The van der Waals surface area contributed by atoms with E-state index in [-0.39, 0.29) is 24.6 Å². The van der Waals surface area contributed by atoms with Gasteiger partial charge in [0.05, 0.1) is 24.7 Å². The lowest BCUT2D eigenvalue weighted by molar-refractivity contribution is -0.201. The number of hydrogen-bond donors (Lipinski definition) is 1.